The van der Waals surface area contributed by atoms with E-state index in [2.05, 4.69) is 25.1 Å². The predicted octanol–water partition coefficient (Wildman–Crippen LogP) is 1.39. The maximum absolute atomic E-state index is 12.8. The van der Waals surface area contributed by atoms with E-state index in [9.17, 15) is 4.79 Å². The Morgan fingerprint density at radius 3 is 2.45 bits per heavy atom. The fourth-order valence-electron chi connectivity index (χ4n) is 3.28. The van der Waals surface area contributed by atoms with E-state index >= 15 is 0 Å². The molecule has 0 unspecified atom stereocenters. The summed E-state index contributed by atoms with van der Waals surface area (Å²) < 4.78 is 0. The summed E-state index contributed by atoms with van der Waals surface area (Å²) in [5.41, 5.74) is 1.18. The Morgan fingerprint density at radius 1 is 1.03 bits per heavy atom. The Kier molecular flexibility index (Phi) is 5.11. The predicted molar refractivity (Wildman–Crippen MR) is 111 cm³/mol. The molecule has 0 N–H and O–H groups in total. The lowest BCUT2D eigenvalue weighted by Gasteiger charge is -2.35. The van der Waals surface area contributed by atoms with Crippen molar-refractivity contribution in [3.8, 4) is 5.69 Å². The van der Waals surface area contributed by atoms with Crippen LogP contribution in [0.2, 0.25) is 0 Å². The summed E-state index contributed by atoms with van der Waals surface area (Å²) in [6, 6.07) is 11.5. The molecular weight excluding hydrogens is 368 g/mol. The summed E-state index contributed by atoms with van der Waals surface area (Å²) in [6.45, 7) is 4.53. The van der Waals surface area contributed by atoms with Crippen LogP contribution in [0.1, 0.15) is 16.3 Å². The van der Waals surface area contributed by atoms with E-state index in [1.807, 2.05) is 67.2 Å². The highest BCUT2D eigenvalue weighted by Crippen LogP contribution is 2.19. The lowest BCUT2D eigenvalue weighted by atomic mass is 10.2. The number of carbonyl (C=O) groups is 1. The number of rotatable bonds is 4. The molecule has 0 saturated carbocycles. The smallest absolute Gasteiger partial charge is 0.276 e. The zero-order valence-electron chi connectivity index (χ0n) is 16.9. The maximum atomic E-state index is 12.8. The van der Waals surface area contributed by atoms with E-state index in [0.29, 0.717) is 31.9 Å². The van der Waals surface area contributed by atoms with Crippen molar-refractivity contribution in [1.82, 2.24) is 29.9 Å². The lowest BCUT2D eigenvalue weighted by Crippen LogP contribution is -2.49. The first-order valence-electron chi connectivity index (χ1n) is 9.56. The van der Waals surface area contributed by atoms with Gasteiger partial charge >= 0.3 is 0 Å². The maximum Gasteiger partial charge on any atom is 0.276 e. The lowest BCUT2D eigenvalue weighted by molar-refractivity contribution is 0.0740. The van der Waals surface area contributed by atoms with Gasteiger partial charge in [0.25, 0.3) is 5.91 Å². The third-order valence-electron chi connectivity index (χ3n) is 4.86. The highest BCUT2D eigenvalue weighted by Gasteiger charge is 2.25. The molecule has 3 heterocycles. The number of hydrogen-bond donors (Lipinski definition) is 0. The van der Waals surface area contributed by atoms with Crippen LogP contribution in [-0.2, 0) is 0 Å². The molecule has 0 atom stereocenters. The number of anilines is 2. The van der Waals surface area contributed by atoms with Crippen LogP contribution in [0.5, 0.6) is 0 Å². The van der Waals surface area contributed by atoms with Gasteiger partial charge in [0.15, 0.2) is 5.69 Å². The molecular formula is C20H24N8O. The Bertz CT molecular complexity index is 993. The van der Waals surface area contributed by atoms with Gasteiger partial charge in [-0.2, -0.15) is 9.90 Å². The van der Waals surface area contributed by atoms with Gasteiger partial charge < -0.3 is 14.7 Å². The van der Waals surface area contributed by atoms with Crippen LogP contribution in [0.15, 0.2) is 42.6 Å². The normalized spacial score (nSPS) is 14.2. The zero-order valence-corrected chi connectivity index (χ0v) is 16.9. The molecule has 1 amide bonds. The quantitative estimate of drug-likeness (QED) is 0.663. The van der Waals surface area contributed by atoms with E-state index in [4.69, 9.17) is 0 Å². The Balaban J connectivity index is 1.42. The second kappa shape index (κ2) is 7.86. The van der Waals surface area contributed by atoms with Gasteiger partial charge in [-0.25, -0.2) is 9.97 Å². The zero-order chi connectivity index (χ0) is 20.4. The van der Waals surface area contributed by atoms with Crippen LogP contribution < -0.4 is 9.80 Å². The summed E-state index contributed by atoms with van der Waals surface area (Å²) in [7, 11) is 3.93. The standard InChI is InChI=1S/C20H24N8O/c1-15-22-18(25(2)3)13-19(23-15)26-9-11-27(12-10-26)20(29)17-14-21-28(24-17)16-7-5-4-6-8-16/h4-8,13-14H,9-12H2,1-3H3. The van der Waals surface area contributed by atoms with Crippen molar-refractivity contribution in [2.24, 2.45) is 0 Å². The average Bonchev–Trinajstić information content (AvgIpc) is 3.24. The summed E-state index contributed by atoms with van der Waals surface area (Å²) in [5, 5.41) is 8.58. The molecule has 1 aliphatic rings. The number of benzene rings is 1. The first-order valence-corrected chi connectivity index (χ1v) is 9.56. The Labute approximate surface area is 169 Å². The Morgan fingerprint density at radius 2 is 1.76 bits per heavy atom. The van der Waals surface area contributed by atoms with E-state index in [-0.39, 0.29) is 5.91 Å². The molecule has 0 spiro atoms. The molecule has 0 bridgehead atoms. The van der Waals surface area contributed by atoms with Gasteiger partial charge in [0.05, 0.1) is 11.9 Å². The number of hydrogen-bond acceptors (Lipinski definition) is 7. The molecule has 1 aliphatic heterocycles. The second-order valence-corrected chi connectivity index (χ2v) is 7.16. The molecule has 9 heteroatoms. The van der Waals surface area contributed by atoms with Crippen molar-refractivity contribution in [2.45, 2.75) is 6.92 Å². The van der Waals surface area contributed by atoms with E-state index in [1.54, 1.807) is 0 Å². The van der Waals surface area contributed by atoms with Crippen LogP contribution in [0, 0.1) is 6.92 Å². The largest absolute Gasteiger partial charge is 0.363 e. The van der Waals surface area contributed by atoms with Gasteiger partial charge in [-0.05, 0) is 19.1 Å². The molecule has 0 radical (unpaired) electrons. The minimum Gasteiger partial charge on any atom is -0.363 e. The van der Waals surface area contributed by atoms with E-state index in [0.717, 1.165) is 23.1 Å². The first kappa shape index (κ1) is 18.9. The fraction of sp³-hybridized carbons (Fsp3) is 0.350. The van der Waals surface area contributed by atoms with E-state index in [1.165, 1.54) is 11.0 Å². The number of carbonyl (C=O) groups excluding carboxylic acids is 1. The Hall–Kier alpha value is -3.49. The van der Waals surface area contributed by atoms with Crippen LogP contribution in [-0.4, -0.2) is 76.0 Å². The molecule has 3 aromatic rings. The monoisotopic (exact) mass is 392 g/mol. The van der Waals surface area contributed by atoms with Gasteiger partial charge in [0.2, 0.25) is 0 Å². The minimum absolute atomic E-state index is 0.0975. The number of aromatic nitrogens is 5. The molecule has 9 nitrogen and oxygen atoms in total. The van der Waals surface area contributed by atoms with Crippen LogP contribution in [0.3, 0.4) is 0 Å². The highest BCUT2D eigenvalue weighted by atomic mass is 16.2. The van der Waals surface area contributed by atoms with Gasteiger partial charge in [0, 0.05) is 46.3 Å². The molecule has 150 valence electrons. The number of amides is 1. The van der Waals surface area contributed by atoms with Gasteiger partial charge in [-0.1, -0.05) is 18.2 Å². The summed E-state index contributed by atoms with van der Waals surface area (Å²) in [4.78, 5) is 29.3. The van der Waals surface area contributed by atoms with Crippen molar-refractivity contribution in [2.75, 3.05) is 50.1 Å². The molecule has 0 aliphatic carbocycles. The molecule has 1 aromatic carbocycles. The number of nitrogens with zero attached hydrogens (tertiary/aromatic N) is 8. The molecule has 1 fully saturated rings. The van der Waals surface area contributed by atoms with Crippen molar-refractivity contribution >= 4 is 17.5 Å². The summed E-state index contributed by atoms with van der Waals surface area (Å²) >= 11 is 0. The highest BCUT2D eigenvalue weighted by molar-refractivity contribution is 5.92. The molecule has 4 rings (SSSR count). The van der Waals surface area contributed by atoms with E-state index < -0.39 is 0 Å². The number of para-hydroxylation sites is 1. The van der Waals surface area contributed by atoms with Gasteiger partial charge in [-0.3, -0.25) is 4.79 Å². The van der Waals surface area contributed by atoms with Crippen molar-refractivity contribution in [3.63, 3.8) is 0 Å². The summed E-state index contributed by atoms with van der Waals surface area (Å²) in [6.07, 6.45) is 1.53. The fourth-order valence-corrected chi connectivity index (χ4v) is 3.28. The molecule has 1 saturated heterocycles. The van der Waals surface area contributed by atoms with Crippen LogP contribution in [0.25, 0.3) is 5.69 Å². The number of piperazine rings is 1. The molecule has 29 heavy (non-hydrogen) atoms. The number of aryl methyl sites for hydroxylation is 1. The van der Waals surface area contributed by atoms with Crippen molar-refractivity contribution in [3.05, 3.63) is 54.1 Å². The SMILES string of the molecule is Cc1nc(N(C)C)cc(N2CCN(C(=O)c3cnn(-c4ccccc4)n3)CC2)n1. The van der Waals surface area contributed by atoms with Crippen molar-refractivity contribution in [1.29, 1.82) is 0 Å². The third kappa shape index (κ3) is 4.03. The van der Waals surface area contributed by atoms with Crippen LogP contribution in [0.4, 0.5) is 11.6 Å². The first-order chi connectivity index (χ1) is 14.0. The second-order valence-electron chi connectivity index (χ2n) is 7.16. The summed E-state index contributed by atoms with van der Waals surface area (Å²) in [5.74, 6) is 2.41. The van der Waals surface area contributed by atoms with Gasteiger partial charge in [-0.15, -0.1) is 5.10 Å². The van der Waals surface area contributed by atoms with Crippen molar-refractivity contribution < 1.29 is 4.79 Å². The average molecular weight is 392 g/mol. The topological polar surface area (TPSA) is 83.3 Å². The van der Waals surface area contributed by atoms with Gasteiger partial charge in [0.1, 0.15) is 17.5 Å². The molecule has 2 aromatic heterocycles. The van der Waals surface area contributed by atoms with Crippen LogP contribution >= 0.6 is 0 Å². The minimum atomic E-state index is -0.0975. The third-order valence-corrected chi connectivity index (χ3v) is 4.86.